The Balaban J connectivity index is 0.898. The third-order valence-corrected chi connectivity index (χ3v) is 16.4. The van der Waals surface area contributed by atoms with Crippen LogP contribution in [-0.2, 0) is 6.42 Å². The van der Waals surface area contributed by atoms with Crippen molar-refractivity contribution in [2.24, 2.45) is 0 Å². The maximum absolute atomic E-state index is 7.30. The number of fused-ring (bicyclic) bond motifs is 10. The lowest BCUT2D eigenvalue weighted by atomic mass is 9.81. The molecule has 0 saturated heterocycles. The summed E-state index contributed by atoms with van der Waals surface area (Å²) in [5.74, 6) is 0.0211. The molecule has 3 heteroatoms. The third kappa shape index (κ3) is 6.77. The summed E-state index contributed by atoms with van der Waals surface area (Å²) in [7, 11) is 0. The highest BCUT2D eigenvalue weighted by Crippen LogP contribution is 2.51. The fourth-order valence-electron chi connectivity index (χ4n) is 12.9. The highest BCUT2D eigenvalue weighted by Gasteiger charge is 2.27. The molecule has 14 aromatic carbocycles. The molecule has 0 N–H and O–H groups in total. The fraction of sp³-hybridized carbons (Fsp3) is 0.0270. The third-order valence-electron chi connectivity index (χ3n) is 16.4. The van der Waals surface area contributed by atoms with Crippen LogP contribution in [0.4, 0.5) is 17.1 Å². The summed E-state index contributed by atoms with van der Waals surface area (Å²) in [6.07, 6.45) is 0.750. The van der Waals surface area contributed by atoms with E-state index in [2.05, 4.69) is 272 Å². The van der Waals surface area contributed by atoms with Crippen LogP contribution < -0.4 is 4.90 Å². The average molecular weight is 982 g/mol. The molecule has 16 rings (SSSR count). The summed E-state index contributed by atoms with van der Waals surface area (Å²) >= 11 is 0. The minimum absolute atomic E-state index is 0.0211. The van der Waals surface area contributed by atoms with Gasteiger partial charge in [0.05, 0.1) is 11.4 Å². The molecule has 1 unspecified atom stereocenters. The van der Waals surface area contributed by atoms with Gasteiger partial charge in [-0.2, -0.15) is 0 Å². The molecule has 1 atom stereocenters. The first-order chi connectivity index (χ1) is 38.2. The summed E-state index contributed by atoms with van der Waals surface area (Å²) in [5, 5.41) is 16.7. The first-order valence-electron chi connectivity index (χ1n) is 26.7. The zero-order chi connectivity index (χ0) is 50.6. The van der Waals surface area contributed by atoms with Crippen molar-refractivity contribution in [2.45, 2.75) is 12.3 Å². The molecule has 2 heterocycles. The summed E-state index contributed by atoms with van der Waals surface area (Å²) < 4.78 is 14.5. The van der Waals surface area contributed by atoms with Crippen LogP contribution >= 0.6 is 0 Å². The zero-order valence-corrected chi connectivity index (χ0v) is 42.0. The lowest BCUT2D eigenvalue weighted by molar-refractivity contribution is 0.659. The van der Waals surface area contributed by atoms with Gasteiger partial charge in [0.25, 0.3) is 0 Å². The molecule has 0 fully saturated rings. The van der Waals surface area contributed by atoms with E-state index in [1.807, 2.05) is 0 Å². The summed E-state index contributed by atoms with van der Waals surface area (Å²) in [6.45, 7) is 0. The predicted octanol–water partition coefficient (Wildman–Crippen LogP) is 20.9. The molecule has 0 bridgehead atoms. The van der Waals surface area contributed by atoms with Crippen molar-refractivity contribution in [1.82, 2.24) is 0 Å². The Morgan fingerprint density at radius 3 is 1.45 bits per heavy atom. The van der Waals surface area contributed by atoms with Gasteiger partial charge in [-0.1, -0.05) is 231 Å². The van der Waals surface area contributed by atoms with Crippen molar-refractivity contribution < 1.29 is 8.83 Å². The maximum atomic E-state index is 7.30. The maximum Gasteiger partial charge on any atom is 0.159 e. The second kappa shape index (κ2) is 17.3. The molecule has 0 spiro atoms. The SMILES string of the molecule is c1ccc(-c2cc3ccccc3c3c2oc2c(CC(c4ccccc4)c4ccc5ccc6c(N(c7ccccc7)c7cccc8c7oc7c(-c9ccccc9)cc9ccccc9c78)ccc7ccc4c5c76)cccc23)cc1. The van der Waals surface area contributed by atoms with Gasteiger partial charge in [0.15, 0.2) is 5.58 Å². The number of benzene rings is 14. The Bertz CT molecular complexity index is 4940. The molecule has 360 valence electrons. The molecule has 0 saturated carbocycles. The van der Waals surface area contributed by atoms with Crippen molar-refractivity contribution >= 4 is 115 Å². The number of hydrogen-bond donors (Lipinski definition) is 0. The van der Waals surface area contributed by atoms with Crippen LogP contribution in [0.1, 0.15) is 22.6 Å². The minimum atomic E-state index is 0.0211. The van der Waals surface area contributed by atoms with Crippen molar-refractivity contribution in [3.63, 3.8) is 0 Å². The Morgan fingerprint density at radius 2 is 0.805 bits per heavy atom. The van der Waals surface area contributed by atoms with E-state index in [0.717, 1.165) is 84.2 Å². The van der Waals surface area contributed by atoms with E-state index in [4.69, 9.17) is 8.83 Å². The van der Waals surface area contributed by atoms with E-state index in [0.29, 0.717) is 0 Å². The van der Waals surface area contributed by atoms with Crippen molar-refractivity contribution in [1.29, 1.82) is 0 Å². The molecule has 77 heavy (non-hydrogen) atoms. The van der Waals surface area contributed by atoms with Crippen LogP contribution in [0, 0.1) is 0 Å². The predicted molar refractivity (Wildman–Crippen MR) is 324 cm³/mol. The van der Waals surface area contributed by atoms with Crippen LogP contribution in [0.5, 0.6) is 0 Å². The lowest BCUT2D eigenvalue weighted by Gasteiger charge is -2.28. The topological polar surface area (TPSA) is 29.5 Å². The van der Waals surface area contributed by atoms with Crippen molar-refractivity contribution in [3.8, 4) is 22.3 Å². The second-order valence-corrected chi connectivity index (χ2v) is 20.6. The molecular formula is C74H47NO2. The summed E-state index contributed by atoms with van der Waals surface area (Å²) in [4.78, 5) is 2.41. The van der Waals surface area contributed by atoms with Gasteiger partial charge in [-0.15, -0.1) is 0 Å². The number of rotatable bonds is 9. The molecular weight excluding hydrogens is 935 g/mol. The van der Waals surface area contributed by atoms with E-state index < -0.39 is 0 Å². The van der Waals surface area contributed by atoms with E-state index in [-0.39, 0.29) is 5.92 Å². The standard InChI is InChI=1S/C74H47NO2/c1-5-19-46(20-6-1)62(45-53-27-17-32-60-69-55-30-15-13-25-51(55)43-63(73(69)76-71(53)60)47-21-7-2-8-22-47)57-39-35-49-37-41-59-65(42-38-50-36-40-58(57)67(49)68(50)59)75(54-28-11-4-12-29-54)66-34-18-33-61-70-56-31-16-14-26-52(56)44-64(74(70)77-72(61)66)48-23-9-3-10-24-48/h1-44,62H,45H2. The number of anilines is 3. The van der Waals surface area contributed by atoms with Gasteiger partial charge in [-0.05, 0) is 119 Å². The monoisotopic (exact) mass is 981 g/mol. The van der Waals surface area contributed by atoms with Crippen LogP contribution in [-0.4, -0.2) is 0 Å². The number of hydrogen-bond acceptors (Lipinski definition) is 3. The first kappa shape index (κ1) is 43.4. The van der Waals surface area contributed by atoms with Gasteiger partial charge in [0.2, 0.25) is 0 Å². The molecule has 0 radical (unpaired) electrons. The lowest BCUT2D eigenvalue weighted by Crippen LogP contribution is -2.11. The first-order valence-corrected chi connectivity index (χ1v) is 26.7. The number of furan rings is 2. The van der Waals surface area contributed by atoms with Crippen LogP contribution in [0.25, 0.3) is 120 Å². The second-order valence-electron chi connectivity index (χ2n) is 20.6. The van der Waals surface area contributed by atoms with Crippen molar-refractivity contribution in [2.75, 3.05) is 4.90 Å². The smallest absolute Gasteiger partial charge is 0.159 e. The largest absolute Gasteiger partial charge is 0.455 e. The summed E-state index contributed by atoms with van der Waals surface area (Å²) in [6, 6.07) is 97.2. The highest BCUT2D eigenvalue weighted by molar-refractivity contribution is 6.28. The van der Waals surface area contributed by atoms with E-state index in [1.54, 1.807) is 0 Å². The molecule has 0 aliphatic carbocycles. The Kier molecular flexibility index (Phi) is 9.77. The van der Waals surface area contributed by atoms with Gasteiger partial charge >= 0.3 is 0 Å². The fourth-order valence-corrected chi connectivity index (χ4v) is 12.9. The molecule has 3 nitrogen and oxygen atoms in total. The molecule has 0 aliphatic heterocycles. The number of nitrogens with zero attached hydrogens (tertiary/aromatic N) is 1. The zero-order valence-electron chi connectivity index (χ0n) is 42.0. The van der Waals surface area contributed by atoms with Crippen molar-refractivity contribution in [3.05, 3.63) is 284 Å². The van der Waals surface area contributed by atoms with E-state index >= 15 is 0 Å². The Hall–Kier alpha value is -9.96. The van der Waals surface area contributed by atoms with Gasteiger partial charge in [0.1, 0.15) is 16.7 Å². The quantitative estimate of drug-likeness (QED) is 0.135. The van der Waals surface area contributed by atoms with E-state index in [1.165, 1.54) is 75.9 Å². The van der Waals surface area contributed by atoms with Crippen LogP contribution in [0.2, 0.25) is 0 Å². The van der Waals surface area contributed by atoms with Gasteiger partial charge in [0, 0.05) is 49.7 Å². The molecule has 16 aromatic rings. The normalized spacial score (nSPS) is 12.4. The Morgan fingerprint density at radius 1 is 0.312 bits per heavy atom. The van der Waals surface area contributed by atoms with Gasteiger partial charge in [-0.25, -0.2) is 0 Å². The van der Waals surface area contributed by atoms with Crippen LogP contribution in [0.3, 0.4) is 0 Å². The minimum Gasteiger partial charge on any atom is -0.455 e. The molecule has 0 amide bonds. The molecule has 0 aliphatic rings. The van der Waals surface area contributed by atoms with Gasteiger partial charge < -0.3 is 13.7 Å². The Labute approximate surface area is 444 Å². The number of para-hydroxylation sites is 3. The average Bonchev–Trinajstić information content (AvgIpc) is 4.23. The summed E-state index contributed by atoms with van der Waals surface area (Å²) in [5.41, 5.74) is 15.0. The highest BCUT2D eigenvalue weighted by atomic mass is 16.3. The van der Waals surface area contributed by atoms with Gasteiger partial charge in [-0.3, -0.25) is 0 Å². The molecule has 2 aromatic heterocycles. The van der Waals surface area contributed by atoms with E-state index in [9.17, 15) is 0 Å². The van der Waals surface area contributed by atoms with Crippen LogP contribution in [0.15, 0.2) is 276 Å².